The van der Waals surface area contributed by atoms with Gasteiger partial charge in [-0.05, 0) is 17.7 Å². The zero-order chi connectivity index (χ0) is 17.9. The van der Waals surface area contributed by atoms with Gasteiger partial charge in [-0.3, -0.25) is 9.59 Å². The number of nitrogens with zero attached hydrogens (tertiary/aromatic N) is 3. The summed E-state index contributed by atoms with van der Waals surface area (Å²) in [5.74, 6) is -1.08. The third-order valence-corrected chi connectivity index (χ3v) is 4.77. The number of oxime groups is 1. The normalized spacial score (nSPS) is 18.4. The molecule has 130 valence electrons. The van der Waals surface area contributed by atoms with Crippen LogP contribution in [0.3, 0.4) is 0 Å². The zero-order valence-corrected chi connectivity index (χ0v) is 13.8. The number of hydrogen-bond acceptors (Lipinski definition) is 5. The van der Waals surface area contributed by atoms with E-state index >= 15 is 0 Å². The highest BCUT2D eigenvalue weighted by atomic mass is 16.7. The van der Waals surface area contributed by atoms with Crippen molar-refractivity contribution in [1.29, 1.82) is 5.26 Å². The molecule has 0 unspecified atom stereocenters. The summed E-state index contributed by atoms with van der Waals surface area (Å²) in [5, 5.41) is 21.8. The highest BCUT2D eigenvalue weighted by Gasteiger charge is 2.43. The van der Waals surface area contributed by atoms with Crippen LogP contribution in [0.15, 0.2) is 29.4 Å². The molecule has 7 heteroatoms. The second kappa shape index (κ2) is 6.93. The predicted molar refractivity (Wildman–Crippen MR) is 88.8 cm³/mol. The second-order valence-electron chi connectivity index (χ2n) is 6.45. The van der Waals surface area contributed by atoms with Gasteiger partial charge in [-0.15, -0.1) is 0 Å². The molecule has 1 amide bonds. The summed E-state index contributed by atoms with van der Waals surface area (Å²) in [4.78, 5) is 30.0. The van der Waals surface area contributed by atoms with Gasteiger partial charge in [-0.25, -0.2) is 0 Å². The van der Waals surface area contributed by atoms with Crippen LogP contribution in [-0.2, 0) is 14.4 Å². The molecule has 25 heavy (non-hydrogen) atoms. The van der Waals surface area contributed by atoms with E-state index in [1.807, 2.05) is 12.1 Å². The molecule has 2 heterocycles. The molecular weight excluding hydrogens is 322 g/mol. The van der Waals surface area contributed by atoms with E-state index in [-0.39, 0.29) is 24.3 Å². The SMILES string of the molecule is N#Cc1ccc(C2=NOC3(CCN(C(=O)CCC(=O)O)CC3)C2)cc1. The summed E-state index contributed by atoms with van der Waals surface area (Å²) in [7, 11) is 0. The largest absolute Gasteiger partial charge is 0.481 e. The Morgan fingerprint density at radius 3 is 2.52 bits per heavy atom. The van der Waals surface area contributed by atoms with Gasteiger partial charge in [0, 0.05) is 38.8 Å². The number of piperidine rings is 1. The summed E-state index contributed by atoms with van der Waals surface area (Å²) < 4.78 is 0. The second-order valence-corrected chi connectivity index (χ2v) is 6.45. The third kappa shape index (κ3) is 3.79. The van der Waals surface area contributed by atoms with Crippen LogP contribution in [0, 0.1) is 11.3 Å². The number of carbonyl (C=O) groups excluding carboxylic acids is 1. The first kappa shape index (κ1) is 17.0. The van der Waals surface area contributed by atoms with E-state index in [1.165, 1.54) is 0 Å². The van der Waals surface area contributed by atoms with Gasteiger partial charge < -0.3 is 14.8 Å². The van der Waals surface area contributed by atoms with Crippen LogP contribution < -0.4 is 0 Å². The van der Waals surface area contributed by atoms with Crippen molar-refractivity contribution in [3.8, 4) is 6.07 Å². The van der Waals surface area contributed by atoms with Crippen LogP contribution >= 0.6 is 0 Å². The lowest BCUT2D eigenvalue weighted by molar-refractivity contribution is -0.143. The molecule has 0 saturated carbocycles. The minimum Gasteiger partial charge on any atom is -0.481 e. The Morgan fingerprint density at radius 2 is 1.92 bits per heavy atom. The smallest absolute Gasteiger partial charge is 0.303 e. The number of carbonyl (C=O) groups is 2. The minimum absolute atomic E-state index is 0.0379. The topological polar surface area (TPSA) is 103 Å². The van der Waals surface area contributed by atoms with Gasteiger partial charge in [0.15, 0.2) is 0 Å². The molecule has 1 fully saturated rings. The number of benzene rings is 1. The molecule has 3 rings (SSSR count). The van der Waals surface area contributed by atoms with Crippen molar-refractivity contribution in [3.05, 3.63) is 35.4 Å². The standard InChI is InChI=1S/C18H19N3O4/c19-12-13-1-3-14(4-2-13)15-11-18(25-20-15)7-9-21(10-8-18)16(22)5-6-17(23)24/h1-4H,5-11H2,(H,23,24). The van der Waals surface area contributed by atoms with Gasteiger partial charge in [0.05, 0.1) is 23.8 Å². The molecule has 2 aliphatic rings. The van der Waals surface area contributed by atoms with Crippen molar-refractivity contribution in [2.45, 2.75) is 37.7 Å². The Labute approximate surface area is 145 Å². The van der Waals surface area contributed by atoms with Gasteiger partial charge in [-0.1, -0.05) is 17.3 Å². The minimum atomic E-state index is -0.957. The summed E-state index contributed by atoms with van der Waals surface area (Å²) in [6.45, 7) is 1.10. The Kier molecular flexibility index (Phi) is 4.70. The van der Waals surface area contributed by atoms with Crippen molar-refractivity contribution in [3.63, 3.8) is 0 Å². The maximum atomic E-state index is 12.0. The van der Waals surface area contributed by atoms with E-state index in [1.54, 1.807) is 17.0 Å². The fourth-order valence-electron chi connectivity index (χ4n) is 3.22. The van der Waals surface area contributed by atoms with Crippen molar-refractivity contribution in [2.75, 3.05) is 13.1 Å². The first-order valence-electron chi connectivity index (χ1n) is 8.26. The van der Waals surface area contributed by atoms with E-state index < -0.39 is 5.97 Å². The summed E-state index contributed by atoms with van der Waals surface area (Å²) in [6.07, 6.45) is 1.93. The van der Waals surface area contributed by atoms with Gasteiger partial charge in [-0.2, -0.15) is 5.26 Å². The van der Waals surface area contributed by atoms with Gasteiger partial charge in [0.2, 0.25) is 5.91 Å². The van der Waals surface area contributed by atoms with Gasteiger partial charge in [0.1, 0.15) is 5.60 Å². The van der Waals surface area contributed by atoms with Crippen LogP contribution in [0.4, 0.5) is 0 Å². The monoisotopic (exact) mass is 341 g/mol. The maximum absolute atomic E-state index is 12.0. The van der Waals surface area contributed by atoms with Crippen molar-refractivity contribution in [1.82, 2.24) is 4.90 Å². The lowest BCUT2D eigenvalue weighted by Gasteiger charge is -2.37. The van der Waals surface area contributed by atoms with Gasteiger partial charge in [0.25, 0.3) is 0 Å². The average Bonchev–Trinajstić information content (AvgIpc) is 3.04. The van der Waals surface area contributed by atoms with Crippen LogP contribution in [0.5, 0.6) is 0 Å². The van der Waals surface area contributed by atoms with E-state index in [9.17, 15) is 9.59 Å². The summed E-state index contributed by atoms with van der Waals surface area (Å²) >= 11 is 0. The Hall–Kier alpha value is -2.88. The Morgan fingerprint density at radius 1 is 1.24 bits per heavy atom. The molecule has 0 atom stereocenters. The number of hydrogen-bond donors (Lipinski definition) is 1. The van der Waals surface area contributed by atoms with Crippen molar-refractivity contribution < 1.29 is 19.5 Å². The molecule has 7 nitrogen and oxygen atoms in total. The quantitative estimate of drug-likeness (QED) is 0.901. The number of nitriles is 1. The van der Waals surface area contributed by atoms with Crippen LogP contribution in [0.1, 0.15) is 43.2 Å². The lowest BCUT2D eigenvalue weighted by atomic mass is 9.85. The van der Waals surface area contributed by atoms with Crippen molar-refractivity contribution in [2.24, 2.45) is 5.16 Å². The van der Waals surface area contributed by atoms with Crippen LogP contribution in [0.25, 0.3) is 0 Å². The van der Waals surface area contributed by atoms with Crippen molar-refractivity contribution >= 4 is 17.6 Å². The molecule has 0 aromatic heterocycles. The zero-order valence-electron chi connectivity index (χ0n) is 13.8. The number of likely N-dealkylation sites (tertiary alicyclic amines) is 1. The average molecular weight is 341 g/mol. The summed E-state index contributed by atoms with van der Waals surface area (Å²) in [6, 6.07) is 9.33. The molecule has 1 N–H and O–H groups in total. The van der Waals surface area contributed by atoms with Crippen LogP contribution in [-0.4, -0.2) is 46.3 Å². The summed E-state index contributed by atoms with van der Waals surface area (Å²) in [5.41, 5.74) is 2.02. The number of aliphatic carboxylic acids is 1. The third-order valence-electron chi connectivity index (χ3n) is 4.77. The maximum Gasteiger partial charge on any atom is 0.303 e. The molecule has 0 bridgehead atoms. The molecular formula is C18H19N3O4. The molecule has 0 radical (unpaired) electrons. The Bertz CT molecular complexity index is 741. The molecule has 0 aliphatic carbocycles. The molecule has 1 saturated heterocycles. The van der Waals surface area contributed by atoms with Crippen LogP contribution in [0.2, 0.25) is 0 Å². The molecule has 1 spiro atoms. The molecule has 1 aromatic rings. The molecule has 2 aliphatic heterocycles. The van der Waals surface area contributed by atoms with E-state index in [4.69, 9.17) is 15.2 Å². The number of carboxylic acids is 1. The lowest BCUT2D eigenvalue weighted by Crippen LogP contribution is -2.46. The first-order valence-corrected chi connectivity index (χ1v) is 8.26. The van der Waals surface area contributed by atoms with E-state index in [2.05, 4.69) is 11.2 Å². The predicted octanol–water partition coefficient (Wildman–Crippen LogP) is 1.91. The van der Waals surface area contributed by atoms with Gasteiger partial charge >= 0.3 is 5.97 Å². The number of carboxylic acid groups (broad SMARTS) is 1. The Balaban J connectivity index is 1.55. The fraction of sp³-hybridized carbons (Fsp3) is 0.444. The first-order chi connectivity index (χ1) is 12.0. The number of amides is 1. The number of rotatable bonds is 4. The highest BCUT2D eigenvalue weighted by molar-refractivity contribution is 6.01. The van der Waals surface area contributed by atoms with E-state index in [0.717, 1.165) is 11.3 Å². The highest BCUT2D eigenvalue weighted by Crippen LogP contribution is 2.36. The molecule has 1 aromatic carbocycles. The van der Waals surface area contributed by atoms with E-state index in [0.29, 0.717) is 37.9 Å². The fourth-order valence-corrected chi connectivity index (χ4v) is 3.22.